The third kappa shape index (κ3) is 3.76. The third-order valence-corrected chi connectivity index (χ3v) is 3.15. The molecule has 112 valence electrons. The second-order valence-electron chi connectivity index (χ2n) is 4.90. The molecule has 2 rings (SSSR count). The van der Waals surface area contributed by atoms with E-state index in [1.165, 1.54) is 12.1 Å². The largest absolute Gasteiger partial charge is 0.480 e. The van der Waals surface area contributed by atoms with Gasteiger partial charge in [0, 0.05) is 12.4 Å². The average molecular weight is 289 g/mol. The summed E-state index contributed by atoms with van der Waals surface area (Å²) in [5, 5.41) is 3.38. The number of ether oxygens (including phenoxy) is 1. The molecule has 1 heterocycles. The number of benzene rings is 1. The smallest absolute Gasteiger partial charge is 0.237 e. The molecule has 4 nitrogen and oxygen atoms in total. The highest BCUT2D eigenvalue weighted by Gasteiger charge is 2.20. The van der Waals surface area contributed by atoms with E-state index in [0.717, 1.165) is 24.1 Å². The number of nitrogens with one attached hydrogen (secondary N) is 1. The van der Waals surface area contributed by atoms with Gasteiger partial charge in [-0.15, -0.1) is 0 Å². The third-order valence-electron chi connectivity index (χ3n) is 3.15. The van der Waals surface area contributed by atoms with Crippen molar-refractivity contribution < 1.29 is 9.13 Å². The van der Waals surface area contributed by atoms with Crippen molar-refractivity contribution in [2.24, 2.45) is 0 Å². The molecule has 2 aromatic rings. The average Bonchev–Trinajstić information content (AvgIpc) is 2.47. The monoisotopic (exact) mass is 289 g/mol. The maximum atomic E-state index is 13.7. The number of hydrogen-bond donors (Lipinski definition) is 1. The molecule has 21 heavy (non-hydrogen) atoms. The van der Waals surface area contributed by atoms with E-state index in [9.17, 15) is 4.39 Å². The lowest BCUT2D eigenvalue weighted by Crippen LogP contribution is -2.25. The number of aryl methyl sites for hydroxylation is 1. The van der Waals surface area contributed by atoms with Gasteiger partial charge in [-0.2, -0.15) is 0 Å². The van der Waals surface area contributed by atoms with Gasteiger partial charge < -0.3 is 10.1 Å². The Labute approximate surface area is 124 Å². The SMILES string of the molecule is CCCNC(c1cc(C)cc(F)c1)c1nccnc1OC. The summed E-state index contributed by atoms with van der Waals surface area (Å²) in [7, 11) is 1.56. The molecule has 1 atom stereocenters. The number of aromatic nitrogens is 2. The Balaban J connectivity index is 2.46. The molecule has 1 N–H and O–H groups in total. The number of hydrogen-bond acceptors (Lipinski definition) is 4. The fraction of sp³-hybridized carbons (Fsp3) is 0.375. The predicted octanol–water partition coefficient (Wildman–Crippen LogP) is 3.02. The van der Waals surface area contributed by atoms with E-state index in [2.05, 4.69) is 22.2 Å². The molecule has 0 aliphatic carbocycles. The van der Waals surface area contributed by atoms with Crippen molar-refractivity contribution in [2.75, 3.05) is 13.7 Å². The summed E-state index contributed by atoms with van der Waals surface area (Å²) in [4.78, 5) is 8.54. The first-order chi connectivity index (χ1) is 10.2. The summed E-state index contributed by atoms with van der Waals surface area (Å²) in [5.74, 6) is 0.198. The van der Waals surface area contributed by atoms with Crippen LogP contribution in [-0.2, 0) is 0 Å². The zero-order valence-corrected chi connectivity index (χ0v) is 12.6. The van der Waals surface area contributed by atoms with Gasteiger partial charge in [-0.25, -0.2) is 9.37 Å². The van der Waals surface area contributed by atoms with Crippen LogP contribution in [0.1, 0.15) is 36.2 Å². The Morgan fingerprint density at radius 2 is 2.00 bits per heavy atom. The van der Waals surface area contributed by atoms with Gasteiger partial charge in [-0.1, -0.05) is 13.0 Å². The minimum absolute atomic E-state index is 0.247. The van der Waals surface area contributed by atoms with E-state index < -0.39 is 0 Å². The van der Waals surface area contributed by atoms with Crippen LogP contribution in [0.25, 0.3) is 0 Å². The topological polar surface area (TPSA) is 47.0 Å². The first-order valence-corrected chi connectivity index (χ1v) is 7.01. The summed E-state index contributed by atoms with van der Waals surface area (Å²) in [5.41, 5.74) is 2.36. The van der Waals surface area contributed by atoms with Gasteiger partial charge in [0.25, 0.3) is 0 Å². The molecule has 0 bridgehead atoms. The van der Waals surface area contributed by atoms with Gasteiger partial charge in [0.15, 0.2) is 0 Å². The highest BCUT2D eigenvalue weighted by atomic mass is 19.1. The van der Waals surface area contributed by atoms with Crippen LogP contribution >= 0.6 is 0 Å². The normalized spacial score (nSPS) is 12.2. The molecule has 0 aliphatic heterocycles. The van der Waals surface area contributed by atoms with Crippen LogP contribution in [-0.4, -0.2) is 23.6 Å². The molecule has 0 radical (unpaired) electrons. The molecule has 0 amide bonds. The van der Waals surface area contributed by atoms with Crippen molar-refractivity contribution >= 4 is 0 Å². The standard InChI is InChI=1S/C16H20FN3O/c1-4-5-18-14(12-8-11(2)9-13(17)10-12)15-16(21-3)20-7-6-19-15/h6-10,14,18H,4-5H2,1-3H3. The van der Waals surface area contributed by atoms with Crippen molar-refractivity contribution in [3.8, 4) is 5.88 Å². The Morgan fingerprint density at radius 1 is 1.24 bits per heavy atom. The lowest BCUT2D eigenvalue weighted by molar-refractivity contribution is 0.382. The molecule has 1 aromatic heterocycles. The number of methoxy groups -OCH3 is 1. The first kappa shape index (κ1) is 15.4. The van der Waals surface area contributed by atoms with Gasteiger partial charge in [0.2, 0.25) is 5.88 Å². The van der Waals surface area contributed by atoms with Crippen LogP contribution in [0.3, 0.4) is 0 Å². The molecule has 0 aliphatic rings. The lowest BCUT2D eigenvalue weighted by atomic mass is 10.0. The Bertz CT molecular complexity index is 584. The van der Waals surface area contributed by atoms with E-state index >= 15 is 0 Å². The summed E-state index contributed by atoms with van der Waals surface area (Å²) >= 11 is 0. The molecule has 0 saturated carbocycles. The number of halogens is 1. The van der Waals surface area contributed by atoms with Gasteiger partial charge in [0.1, 0.15) is 11.5 Å². The van der Waals surface area contributed by atoms with Gasteiger partial charge in [-0.05, 0) is 43.1 Å². The van der Waals surface area contributed by atoms with E-state index in [0.29, 0.717) is 11.6 Å². The van der Waals surface area contributed by atoms with Gasteiger partial charge >= 0.3 is 0 Å². The van der Waals surface area contributed by atoms with Crippen molar-refractivity contribution in [3.63, 3.8) is 0 Å². The second-order valence-corrected chi connectivity index (χ2v) is 4.90. The van der Waals surface area contributed by atoms with Crippen molar-refractivity contribution in [3.05, 3.63) is 53.2 Å². The highest BCUT2D eigenvalue weighted by molar-refractivity contribution is 5.35. The van der Waals surface area contributed by atoms with Gasteiger partial charge in [-0.3, -0.25) is 4.98 Å². The van der Waals surface area contributed by atoms with Crippen LogP contribution in [0.2, 0.25) is 0 Å². The minimum Gasteiger partial charge on any atom is -0.480 e. The maximum absolute atomic E-state index is 13.7. The van der Waals surface area contributed by atoms with Crippen LogP contribution in [0.4, 0.5) is 4.39 Å². The lowest BCUT2D eigenvalue weighted by Gasteiger charge is -2.20. The van der Waals surface area contributed by atoms with E-state index in [1.54, 1.807) is 19.5 Å². The molecule has 0 saturated heterocycles. The van der Waals surface area contributed by atoms with Crippen LogP contribution < -0.4 is 10.1 Å². The van der Waals surface area contributed by atoms with E-state index in [4.69, 9.17) is 4.74 Å². The fourth-order valence-corrected chi connectivity index (χ4v) is 2.28. The fourth-order valence-electron chi connectivity index (χ4n) is 2.28. The van der Waals surface area contributed by atoms with Crippen molar-refractivity contribution in [1.82, 2.24) is 15.3 Å². The Hall–Kier alpha value is -2.01. The van der Waals surface area contributed by atoms with Gasteiger partial charge in [0.05, 0.1) is 13.2 Å². The van der Waals surface area contributed by atoms with Crippen LogP contribution in [0.5, 0.6) is 5.88 Å². The molecule has 1 aromatic carbocycles. The highest BCUT2D eigenvalue weighted by Crippen LogP contribution is 2.27. The van der Waals surface area contributed by atoms with Crippen molar-refractivity contribution in [1.29, 1.82) is 0 Å². The summed E-state index contributed by atoms with van der Waals surface area (Å²) in [6, 6.07) is 4.73. The van der Waals surface area contributed by atoms with E-state index in [1.807, 2.05) is 13.0 Å². The minimum atomic E-state index is -0.254. The van der Waals surface area contributed by atoms with Crippen molar-refractivity contribution in [2.45, 2.75) is 26.3 Å². The predicted molar refractivity (Wildman–Crippen MR) is 79.9 cm³/mol. The maximum Gasteiger partial charge on any atom is 0.237 e. The zero-order chi connectivity index (χ0) is 15.2. The number of rotatable bonds is 6. The quantitative estimate of drug-likeness (QED) is 0.888. The number of nitrogens with zero attached hydrogens (tertiary/aromatic N) is 2. The molecular formula is C16H20FN3O. The zero-order valence-electron chi connectivity index (χ0n) is 12.6. The van der Waals surface area contributed by atoms with Crippen LogP contribution in [0.15, 0.2) is 30.6 Å². The second kappa shape index (κ2) is 7.13. The van der Waals surface area contributed by atoms with E-state index in [-0.39, 0.29) is 11.9 Å². The molecule has 0 fully saturated rings. The first-order valence-electron chi connectivity index (χ1n) is 7.01. The molecule has 1 unspecified atom stereocenters. The summed E-state index contributed by atoms with van der Waals surface area (Å²) < 4.78 is 19.0. The molecular weight excluding hydrogens is 269 g/mol. The van der Waals surface area contributed by atoms with Crippen LogP contribution in [0, 0.1) is 12.7 Å². The summed E-state index contributed by atoms with van der Waals surface area (Å²) in [6.07, 6.45) is 4.16. The molecule has 5 heteroatoms. The Morgan fingerprint density at radius 3 is 2.67 bits per heavy atom. The molecule has 0 spiro atoms. The summed E-state index contributed by atoms with van der Waals surface area (Å²) in [6.45, 7) is 4.74. The Kier molecular flexibility index (Phi) is 5.22.